The molecule has 0 fully saturated rings. The molecule has 0 radical (unpaired) electrons. The van der Waals surface area contributed by atoms with E-state index in [-0.39, 0.29) is 21.9 Å². The maximum absolute atomic E-state index is 11.1. The third-order valence-corrected chi connectivity index (χ3v) is 4.26. The third-order valence-electron chi connectivity index (χ3n) is 2.60. The molecule has 9 nitrogen and oxygen atoms in total. The van der Waals surface area contributed by atoms with Crippen molar-refractivity contribution in [3.05, 3.63) is 24.3 Å². The highest BCUT2D eigenvalue weighted by atomic mass is 32.2. The van der Waals surface area contributed by atoms with Crippen molar-refractivity contribution in [1.82, 2.24) is 0 Å². The van der Waals surface area contributed by atoms with Gasteiger partial charge in [-0.25, -0.2) is 0 Å². The number of phenolic OH excluding ortho intramolecular Hbond substituents is 1. The van der Waals surface area contributed by atoms with Gasteiger partial charge in [0.1, 0.15) is 5.75 Å². The summed E-state index contributed by atoms with van der Waals surface area (Å²) in [4.78, 5) is -1.19. The number of phenols is 1. The van der Waals surface area contributed by atoms with Crippen molar-refractivity contribution >= 4 is 36.7 Å². The Morgan fingerprint density at radius 2 is 1.29 bits per heavy atom. The zero-order chi connectivity index (χ0) is 15.3. The van der Waals surface area contributed by atoms with Crippen LogP contribution in [0.5, 0.6) is 5.75 Å². The van der Waals surface area contributed by atoms with Crippen LogP contribution in [0, 0.1) is 0 Å². The monoisotopic (exact) mass is 337 g/mol. The number of fused-ring (bicyclic) bond motifs is 1. The number of hydrogen-bond donors (Lipinski definition) is 4. The normalized spacial score (nSPS) is 12.1. The Labute approximate surface area is 119 Å². The van der Waals surface area contributed by atoms with E-state index in [4.69, 9.17) is 14.8 Å². The van der Waals surface area contributed by atoms with Gasteiger partial charge < -0.3 is 16.3 Å². The van der Waals surface area contributed by atoms with E-state index in [1.807, 2.05) is 0 Å². The lowest BCUT2D eigenvalue weighted by atomic mass is 10.1. The molecular weight excluding hydrogens is 326 g/mol. The predicted molar refractivity (Wildman–Crippen MR) is 73.3 cm³/mol. The fourth-order valence-electron chi connectivity index (χ4n) is 1.77. The van der Waals surface area contributed by atoms with Crippen molar-refractivity contribution in [2.75, 3.05) is 5.73 Å². The van der Waals surface area contributed by atoms with Crippen LogP contribution in [0.1, 0.15) is 0 Å². The number of anilines is 1. The van der Waals surface area contributed by atoms with Crippen molar-refractivity contribution in [2.45, 2.75) is 9.79 Å². The van der Waals surface area contributed by atoms with Gasteiger partial charge in [0.15, 0.2) is 0 Å². The average Bonchev–Trinajstić information content (AvgIpc) is 2.25. The van der Waals surface area contributed by atoms with Gasteiger partial charge in [-0.1, -0.05) is 0 Å². The van der Waals surface area contributed by atoms with Crippen LogP contribution in [0.4, 0.5) is 5.69 Å². The first-order chi connectivity index (χ1) is 9.00. The van der Waals surface area contributed by atoms with E-state index >= 15 is 0 Å². The number of rotatable bonds is 2. The van der Waals surface area contributed by atoms with Crippen molar-refractivity contribution in [3.63, 3.8) is 0 Å². The standard InChI is InChI=1S/C10H9NO7S2.H2O/c11-8-3-6(19(13,14)15)1-5-2-7(20(16,17)18)4-9(12)10(5)8;/h1-4,12H,11H2,(H,13,14,15)(H,16,17,18);1H2. The van der Waals surface area contributed by atoms with Crippen LogP contribution in [0.3, 0.4) is 0 Å². The zero-order valence-electron chi connectivity index (χ0n) is 10.2. The molecule has 0 aliphatic carbocycles. The van der Waals surface area contributed by atoms with Crippen LogP contribution in [0.2, 0.25) is 0 Å². The second-order valence-electron chi connectivity index (χ2n) is 4.00. The summed E-state index contributed by atoms with van der Waals surface area (Å²) in [6, 6.07) is 3.55. The maximum atomic E-state index is 11.1. The Balaban J connectivity index is 0.00000220. The van der Waals surface area contributed by atoms with E-state index < -0.39 is 35.8 Å². The first-order valence-electron chi connectivity index (χ1n) is 5.01. The highest BCUT2D eigenvalue weighted by Crippen LogP contribution is 2.34. The predicted octanol–water partition coefficient (Wildman–Crippen LogP) is -0.204. The third kappa shape index (κ3) is 3.22. The van der Waals surface area contributed by atoms with Crippen molar-refractivity contribution in [3.8, 4) is 5.75 Å². The summed E-state index contributed by atoms with van der Waals surface area (Å²) in [5, 5.41) is 9.66. The SMILES string of the molecule is Nc1cc(S(=O)(=O)O)cc2cc(S(=O)(=O)O)cc(O)c12.O. The molecule has 0 spiro atoms. The van der Waals surface area contributed by atoms with Gasteiger partial charge in [-0.3, -0.25) is 9.11 Å². The minimum atomic E-state index is -4.59. The van der Waals surface area contributed by atoms with E-state index in [2.05, 4.69) is 0 Å². The van der Waals surface area contributed by atoms with Gasteiger partial charge in [-0.2, -0.15) is 16.8 Å². The van der Waals surface area contributed by atoms with Crippen LogP contribution in [-0.4, -0.2) is 36.5 Å². The molecule has 21 heavy (non-hydrogen) atoms. The zero-order valence-corrected chi connectivity index (χ0v) is 11.8. The minimum absolute atomic E-state index is 0. The molecule has 0 bridgehead atoms. The Morgan fingerprint density at radius 1 is 0.857 bits per heavy atom. The summed E-state index contributed by atoms with van der Waals surface area (Å²) in [5.41, 5.74) is 5.39. The topological polar surface area (TPSA) is 186 Å². The van der Waals surface area contributed by atoms with E-state index in [0.717, 1.165) is 24.3 Å². The van der Waals surface area contributed by atoms with E-state index in [0.29, 0.717) is 0 Å². The molecule has 2 aromatic carbocycles. The largest absolute Gasteiger partial charge is 0.507 e. The number of benzene rings is 2. The molecule has 11 heteroatoms. The smallest absolute Gasteiger partial charge is 0.294 e. The summed E-state index contributed by atoms with van der Waals surface area (Å²) in [5.74, 6) is -0.547. The van der Waals surface area contributed by atoms with Gasteiger partial charge >= 0.3 is 0 Å². The van der Waals surface area contributed by atoms with Crippen molar-refractivity contribution < 1.29 is 36.5 Å². The lowest BCUT2D eigenvalue weighted by molar-refractivity contribution is 0.471. The number of nitrogen functional groups attached to an aromatic ring is 1. The van der Waals surface area contributed by atoms with Crippen LogP contribution < -0.4 is 5.73 Å². The summed E-state index contributed by atoms with van der Waals surface area (Å²) in [6.45, 7) is 0. The first kappa shape index (κ1) is 17.1. The summed E-state index contributed by atoms with van der Waals surface area (Å²) in [7, 11) is -9.14. The van der Waals surface area contributed by atoms with Crippen molar-refractivity contribution in [1.29, 1.82) is 0 Å². The van der Waals surface area contributed by atoms with Crippen molar-refractivity contribution in [2.24, 2.45) is 0 Å². The Kier molecular flexibility index (Phi) is 4.18. The van der Waals surface area contributed by atoms with E-state index in [9.17, 15) is 21.9 Å². The highest BCUT2D eigenvalue weighted by molar-refractivity contribution is 7.86. The Morgan fingerprint density at radius 3 is 1.71 bits per heavy atom. The van der Waals surface area contributed by atoms with Gasteiger partial charge in [0.05, 0.1) is 9.79 Å². The quantitative estimate of drug-likeness (QED) is 0.428. The molecule has 0 aliphatic heterocycles. The lowest BCUT2D eigenvalue weighted by Crippen LogP contribution is -2.02. The fraction of sp³-hybridized carbons (Fsp3) is 0. The van der Waals surface area contributed by atoms with Crippen LogP contribution in [0.15, 0.2) is 34.1 Å². The molecule has 7 N–H and O–H groups in total. The molecule has 0 amide bonds. The van der Waals surface area contributed by atoms with Crippen LogP contribution in [-0.2, 0) is 20.2 Å². The molecule has 116 valence electrons. The highest BCUT2D eigenvalue weighted by Gasteiger charge is 2.18. The van der Waals surface area contributed by atoms with Gasteiger partial charge in [-0.15, -0.1) is 0 Å². The van der Waals surface area contributed by atoms with Crippen LogP contribution in [0.25, 0.3) is 10.8 Å². The molecule has 0 saturated carbocycles. The minimum Gasteiger partial charge on any atom is -0.507 e. The average molecular weight is 337 g/mol. The molecule has 0 heterocycles. The number of nitrogens with two attached hydrogens (primary N) is 1. The first-order valence-corrected chi connectivity index (χ1v) is 7.89. The van der Waals surface area contributed by atoms with Gasteiger partial charge in [0, 0.05) is 17.1 Å². The fourth-order valence-corrected chi connectivity index (χ4v) is 2.86. The molecule has 0 atom stereocenters. The molecule has 2 rings (SSSR count). The molecular formula is C10H11NO8S2. The Hall–Kier alpha value is -1.92. The van der Waals surface area contributed by atoms with Crippen LogP contribution >= 0.6 is 0 Å². The molecule has 0 unspecified atom stereocenters. The second kappa shape index (κ2) is 5.13. The number of hydrogen-bond acceptors (Lipinski definition) is 6. The maximum Gasteiger partial charge on any atom is 0.294 e. The van der Waals surface area contributed by atoms with Gasteiger partial charge in [0.25, 0.3) is 20.2 Å². The summed E-state index contributed by atoms with van der Waals surface area (Å²) >= 11 is 0. The van der Waals surface area contributed by atoms with E-state index in [1.165, 1.54) is 0 Å². The molecule has 2 aromatic rings. The second-order valence-corrected chi connectivity index (χ2v) is 6.85. The molecule has 0 aromatic heterocycles. The summed E-state index contributed by atoms with van der Waals surface area (Å²) in [6.07, 6.45) is 0. The Bertz CT molecular complexity index is 845. The van der Waals surface area contributed by atoms with Gasteiger partial charge in [0.2, 0.25) is 0 Å². The summed E-state index contributed by atoms with van der Waals surface area (Å²) < 4.78 is 62.1. The van der Waals surface area contributed by atoms with Gasteiger partial charge in [-0.05, 0) is 23.6 Å². The molecule has 0 aliphatic rings. The molecule has 0 saturated heterocycles. The number of aromatic hydroxyl groups is 1. The lowest BCUT2D eigenvalue weighted by Gasteiger charge is -2.08. The van der Waals surface area contributed by atoms with E-state index in [1.54, 1.807) is 0 Å².